The first-order chi connectivity index (χ1) is 9.13. The number of likely N-dealkylation sites (N-methyl/N-ethyl adjacent to an activating group) is 1. The lowest BCUT2D eigenvalue weighted by Crippen LogP contribution is -2.44. The van der Waals surface area contributed by atoms with E-state index in [4.69, 9.17) is 15.3 Å². The van der Waals surface area contributed by atoms with Crippen molar-refractivity contribution in [3.63, 3.8) is 0 Å². The number of carboxylic acids is 1. The molecule has 3 N–H and O–H groups in total. The first-order valence-corrected chi connectivity index (χ1v) is 5.83. The highest BCUT2D eigenvalue weighted by atomic mass is 16.7. The number of esters is 1. The number of carboxylic acid groups (broad SMARTS) is 1. The molecule has 0 bridgehead atoms. The number of aliphatic carboxylic acids is 1. The van der Waals surface area contributed by atoms with E-state index in [1.807, 2.05) is 5.32 Å². The monoisotopic (exact) mass is 289 g/mol. The molecule has 0 aliphatic rings. The molecule has 20 heavy (non-hydrogen) atoms. The van der Waals surface area contributed by atoms with Gasteiger partial charge >= 0.3 is 18.0 Å². The molecule has 0 fully saturated rings. The van der Waals surface area contributed by atoms with Crippen LogP contribution >= 0.6 is 0 Å². The molecule has 0 spiro atoms. The van der Waals surface area contributed by atoms with Crippen molar-refractivity contribution in [2.45, 2.75) is 27.1 Å². The van der Waals surface area contributed by atoms with Gasteiger partial charge < -0.3 is 19.5 Å². The first kappa shape index (κ1) is 17.7. The third-order valence-electron chi connectivity index (χ3n) is 2.00. The van der Waals surface area contributed by atoms with Crippen LogP contribution < -0.4 is 5.32 Å². The van der Waals surface area contributed by atoms with Crippen molar-refractivity contribution in [3.05, 3.63) is 0 Å². The molecule has 9 nitrogen and oxygen atoms in total. The summed E-state index contributed by atoms with van der Waals surface area (Å²) in [6, 6.07) is 0. The van der Waals surface area contributed by atoms with Gasteiger partial charge in [0, 0.05) is 14.0 Å². The average Bonchev–Trinajstić information content (AvgIpc) is 2.26. The molecule has 0 saturated heterocycles. The Bertz CT molecular complexity index is 396. The molecule has 1 atom stereocenters. The van der Waals surface area contributed by atoms with Crippen LogP contribution in [0.3, 0.4) is 0 Å². The predicted octanol–water partition coefficient (Wildman–Crippen LogP) is 0.209. The van der Waals surface area contributed by atoms with Crippen molar-refractivity contribution in [3.8, 4) is 0 Å². The van der Waals surface area contributed by atoms with Crippen LogP contribution in [0.1, 0.15) is 20.8 Å². The van der Waals surface area contributed by atoms with Gasteiger partial charge in [0.2, 0.25) is 12.2 Å². The molecule has 114 valence electrons. The van der Waals surface area contributed by atoms with E-state index >= 15 is 0 Å². The van der Waals surface area contributed by atoms with Crippen molar-refractivity contribution in [2.75, 3.05) is 13.6 Å². The number of hydrogen-bond acceptors (Lipinski definition) is 6. The summed E-state index contributed by atoms with van der Waals surface area (Å²) in [4.78, 5) is 34.0. The largest absolute Gasteiger partial charge is 0.480 e. The molecular weight excluding hydrogens is 270 g/mol. The van der Waals surface area contributed by atoms with Gasteiger partial charge in [0.25, 0.3) is 0 Å². The van der Waals surface area contributed by atoms with Crippen LogP contribution in [-0.4, -0.2) is 53.9 Å². The SMILES string of the molecule is CC(OC(=O)NC(=N)N(C)CC(=O)O)OC(=O)C(C)C. The van der Waals surface area contributed by atoms with E-state index < -0.39 is 36.8 Å². The number of rotatable bonds is 5. The summed E-state index contributed by atoms with van der Waals surface area (Å²) in [5.41, 5.74) is 0. The normalized spacial score (nSPS) is 11.4. The van der Waals surface area contributed by atoms with Crippen LogP contribution in [0.5, 0.6) is 0 Å². The number of ether oxygens (including phenoxy) is 2. The summed E-state index contributed by atoms with van der Waals surface area (Å²) in [7, 11) is 1.32. The second-order valence-electron chi connectivity index (χ2n) is 4.29. The van der Waals surface area contributed by atoms with Crippen molar-refractivity contribution < 1.29 is 29.0 Å². The zero-order valence-corrected chi connectivity index (χ0v) is 11.8. The molecule has 1 unspecified atom stereocenters. The summed E-state index contributed by atoms with van der Waals surface area (Å²) >= 11 is 0. The lowest BCUT2D eigenvalue weighted by molar-refractivity contribution is -0.168. The third-order valence-corrected chi connectivity index (χ3v) is 2.00. The molecule has 9 heteroatoms. The number of nitrogens with zero attached hydrogens (tertiary/aromatic N) is 1. The summed E-state index contributed by atoms with van der Waals surface area (Å²) in [6.45, 7) is 4.17. The van der Waals surface area contributed by atoms with Crippen LogP contribution in [0.4, 0.5) is 4.79 Å². The number of hydrogen-bond donors (Lipinski definition) is 3. The van der Waals surface area contributed by atoms with E-state index in [9.17, 15) is 14.4 Å². The molecule has 0 rings (SSSR count). The Morgan fingerprint density at radius 3 is 2.25 bits per heavy atom. The number of nitrogens with one attached hydrogen (secondary N) is 2. The highest BCUT2D eigenvalue weighted by molar-refractivity contribution is 5.93. The molecule has 0 radical (unpaired) electrons. The van der Waals surface area contributed by atoms with Gasteiger partial charge in [-0.3, -0.25) is 20.3 Å². The Morgan fingerprint density at radius 2 is 1.80 bits per heavy atom. The maximum atomic E-state index is 11.4. The zero-order valence-electron chi connectivity index (χ0n) is 11.8. The second-order valence-corrected chi connectivity index (χ2v) is 4.29. The highest BCUT2D eigenvalue weighted by Gasteiger charge is 2.18. The van der Waals surface area contributed by atoms with Crippen molar-refractivity contribution in [2.24, 2.45) is 5.92 Å². The van der Waals surface area contributed by atoms with E-state index in [1.54, 1.807) is 13.8 Å². The summed E-state index contributed by atoms with van der Waals surface area (Å²) in [5, 5.41) is 18.0. The van der Waals surface area contributed by atoms with E-state index in [2.05, 4.69) is 4.74 Å². The molecule has 0 saturated carbocycles. The number of alkyl carbamates (subject to hydrolysis) is 1. The number of guanidine groups is 1. The summed E-state index contributed by atoms with van der Waals surface area (Å²) < 4.78 is 9.48. The van der Waals surface area contributed by atoms with Gasteiger partial charge in [0.05, 0.1) is 5.92 Å². The van der Waals surface area contributed by atoms with Gasteiger partial charge in [-0.1, -0.05) is 13.8 Å². The Hall–Kier alpha value is -2.32. The quantitative estimate of drug-likeness (QED) is 0.285. The van der Waals surface area contributed by atoms with Crippen LogP contribution in [-0.2, 0) is 19.1 Å². The maximum Gasteiger partial charge on any atom is 0.417 e. The van der Waals surface area contributed by atoms with E-state index in [1.165, 1.54) is 14.0 Å². The minimum atomic E-state index is -1.15. The first-order valence-electron chi connectivity index (χ1n) is 5.83. The topological polar surface area (TPSA) is 129 Å². The lowest BCUT2D eigenvalue weighted by atomic mass is 10.2. The summed E-state index contributed by atoms with van der Waals surface area (Å²) in [5.74, 6) is -2.47. The number of amides is 1. The van der Waals surface area contributed by atoms with Crippen LogP contribution in [0.25, 0.3) is 0 Å². The molecule has 0 aromatic heterocycles. The number of carbonyl (C=O) groups is 3. The van der Waals surface area contributed by atoms with Crippen molar-refractivity contribution >= 4 is 24.0 Å². The van der Waals surface area contributed by atoms with Gasteiger partial charge in [-0.05, 0) is 0 Å². The minimum absolute atomic E-state index is 0.357. The van der Waals surface area contributed by atoms with Crippen molar-refractivity contribution in [1.29, 1.82) is 5.41 Å². The molecule has 0 aromatic carbocycles. The maximum absolute atomic E-state index is 11.4. The zero-order chi connectivity index (χ0) is 15.9. The molecule has 0 heterocycles. The smallest absolute Gasteiger partial charge is 0.417 e. The fourth-order valence-electron chi connectivity index (χ4n) is 0.978. The molecular formula is C11H19N3O6. The predicted molar refractivity (Wildman–Crippen MR) is 68.0 cm³/mol. The molecule has 0 aromatic rings. The third kappa shape index (κ3) is 7.19. The second kappa shape index (κ2) is 7.97. The van der Waals surface area contributed by atoms with E-state index in [-0.39, 0.29) is 5.92 Å². The average molecular weight is 289 g/mol. The van der Waals surface area contributed by atoms with Gasteiger partial charge in [-0.2, -0.15) is 0 Å². The van der Waals surface area contributed by atoms with E-state index in [0.29, 0.717) is 0 Å². The highest BCUT2D eigenvalue weighted by Crippen LogP contribution is 2.02. The fraction of sp³-hybridized carbons (Fsp3) is 0.636. The standard InChI is InChI=1S/C11H19N3O6/c1-6(2)9(17)19-7(3)20-11(18)13-10(12)14(4)5-8(15)16/h6-7H,5H2,1-4H3,(H,15,16)(H2,12,13,18). The number of carbonyl (C=O) groups excluding carboxylic acids is 2. The minimum Gasteiger partial charge on any atom is -0.480 e. The molecule has 0 aliphatic carbocycles. The van der Waals surface area contributed by atoms with Gasteiger partial charge in [-0.25, -0.2) is 4.79 Å². The summed E-state index contributed by atoms with van der Waals surface area (Å²) in [6.07, 6.45) is -2.13. The van der Waals surface area contributed by atoms with Gasteiger partial charge in [-0.15, -0.1) is 0 Å². The fourth-order valence-corrected chi connectivity index (χ4v) is 0.978. The Morgan fingerprint density at radius 1 is 1.25 bits per heavy atom. The Balaban J connectivity index is 4.19. The van der Waals surface area contributed by atoms with Crippen LogP contribution in [0, 0.1) is 11.3 Å². The Kier molecular flexibility index (Phi) is 7.05. The van der Waals surface area contributed by atoms with Crippen LogP contribution in [0.15, 0.2) is 0 Å². The van der Waals surface area contributed by atoms with Gasteiger partial charge in [0.1, 0.15) is 6.54 Å². The molecule has 0 aliphatic heterocycles. The van der Waals surface area contributed by atoms with Gasteiger partial charge in [0.15, 0.2) is 0 Å². The lowest BCUT2D eigenvalue weighted by Gasteiger charge is -2.19. The Labute approximate surface area is 116 Å². The molecule has 1 amide bonds. The van der Waals surface area contributed by atoms with Crippen LogP contribution in [0.2, 0.25) is 0 Å². The van der Waals surface area contributed by atoms with Crippen molar-refractivity contribution in [1.82, 2.24) is 10.2 Å². The van der Waals surface area contributed by atoms with E-state index in [0.717, 1.165) is 4.90 Å².